The van der Waals surface area contributed by atoms with Crippen LogP contribution < -0.4 is 5.90 Å². The Bertz CT molecular complexity index is 400. The second-order valence-electron chi connectivity index (χ2n) is 2.75. The Morgan fingerprint density at radius 2 is 2.36 bits per heavy atom. The molecule has 0 aliphatic carbocycles. The molecule has 2 rings (SSSR count). The van der Waals surface area contributed by atoms with Gasteiger partial charge in [-0.2, -0.15) is 5.21 Å². The molecule has 6 heteroatoms. The molecule has 14 heavy (non-hydrogen) atoms. The Morgan fingerprint density at radius 3 is 3.07 bits per heavy atom. The van der Waals surface area contributed by atoms with Crippen LogP contribution in [0.1, 0.15) is 5.56 Å². The van der Waals surface area contributed by atoms with Crippen LogP contribution in [0.15, 0.2) is 24.3 Å². The summed E-state index contributed by atoms with van der Waals surface area (Å²) in [4.78, 5) is 4.54. The van der Waals surface area contributed by atoms with Crippen LogP contribution in [0.25, 0.3) is 11.4 Å². The number of H-pyrrole nitrogens is 1. The fourth-order valence-electron chi connectivity index (χ4n) is 1.18. The van der Waals surface area contributed by atoms with Gasteiger partial charge in [0.1, 0.15) is 0 Å². The molecule has 0 aliphatic heterocycles. The molecule has 1 heterocycles. The number of aromatic amines is 1. The predicted molar refractivity (Wildman–Crippen MR) is 48.6 cm³/mol. The topological polar surface area (TPSA) is 89.7 Å². The van der Waals surface area contributed by atoms with Crippen molar-refractivity contribution in [1.29, 1.82) is 0 Å². The molecule has 0 aliphatic rings. The van der Waals surface area contributed by atoms with Crippen LogP contribution in [0.5, 0.6) is 0 Å². The van der Waals surface area contributed by atoms with Gasteiger partial charge in [0.15, 0.2) is 0 Å². The molecule has 72 valence electrons. The Hall–Kier alpha value is -1.79. The average molecular weight is 191 g/mol. The predicted octanol–water partition coefficient (Wildman–Crippen LogP) is 0.257. The molecule has 2 aromatic rings. The number of rotatable bonds is 3. The second-order valence-corrected chi connectivity index (χ2v) is 2.75. The zero-order chi connectivity index (χ0) is 9.80. The molecule has 0 unspecified atom stereocenters. The van der Waals surface area contributed by atoms with Gasteiger partial charge in [0.2, 0.25) is 5.82 Å². The summed E-state index contributed by atoms with van der Waals surface area (Å²) in [7, 11) is 0. The molecule has 1 aromatic heterocycles. The summed E-state index contributed by atoms with van der Waals surface area (Å²) < 4.78 is 0. The third kappa shape index (κ3) is 1.76. The first-order valence-corrected chi connectivity index (χ1v) is 4.04. The highest BCUT2D eigenvalue weighted by atomic mass is 16.6. The third-order valence-corrected chi connectivity index (χ3v) is 1.78. The van der Waals surface area contributed by atoms with Crippen LogP contribution >= 0.6 is 0 Å². The number of nitrogens with zero attached hydrogens (tertiary/aromatic N) is 3. The quantitative estimate of drug-likeness (QED) is 0.679. The van der Waals surface area contributed by atoms with Crippen molar-refractivity contribution in [2.75, 3.05) is 0 Å². The number of nitrogens with one attached hydrogen (secondary N) is 1. The third-order valence-electron chi connectivity index (χ3n) is 1.78. The monoisotopic (exact) mass is 191 g/mol. The average Bonchev–Trinajstić information content (AvgIpc) is 2.71. The lowest BCUT2D eigenvalue weighted by molar-refractivity contribution is 0.124. The zero-order valence-electron chi connectivity index (χ0n) is 7.34. The minimum Gasteiger partial charge on any atom is -0.300 e. The van der Waals surface area contributed by atoms with E-state index < -0.39 is 0 Å². The van der Waals surface area contributed by atoms with Crippen molar-refractivity contribution in [2.45, 2.75) is 6.61 Å². The van der Waals surface area contributed by atoms with Crippen LogP contribution in [0.2, 0.25) is 0 Å². The smallest absolute Gasteiger partial charge is 0.204 e. The van der Waals surface area contributed by atoms with E-state index in [1.807, 2.05) is 24.3 Å². The Labute approximate surface area is 80.0 Å². The Morgan fingerprint density at radius 1 is 1.43 bits per heavy atom. The fraction of sp³-hybridized carbons (Fsp3) is 0.125. The van der Waals surface area contributed by atoms with Gasteiger partial charge in [0.05, 0.1) is 6.61 Å². The van der Waals surface area contributed by atoms with Gasteiger partial charge in [-0.05, 0) is 16.8 Å². The van der Waals surface area contributed by atoms with E-state index in [1.54, 1.807) is 0 Å². The highest BCUT2D eigenvalue weighted by Crippen LogP contribution is 2.14. The SMILES string of the molecule is NOCc1cccc(-c2nn[nH]n2)c1. The van der Waals surface area contributed by atoms with Crippen LogP contribution in [-0.2, 0) is 11.4 Å². The van der Waals surface area contributed by atoms with Gasteiger partial charge >= 0.3 is 0 Å². The molecule has 0 saturated heterocycles. The van der Waals surface area contributed by atoms with E-state index in [0.29, 0.717) is 12.4 Å². The fourth-order valence-corrected chi connectivity index (χ4v) is 1.18. The van der Waals surface area contributed by atoms with Crippen LogP contribution in [-0.4, -0.2) is 20.6 Å². The number of tetrazole rings is 1. The summed E-state index contributed by atoms with van der Waals surface area (Å²) in [5.41, 5.74) is 1.85. The van der Waals surface area contributed by atoms with Gasteiger partial charge in [-0.1, -0.05) is 18.2 Å². The summed E-state index contributed by atoms with van der Waals surface area (Å²) in [6.45, 7) is 0.367. The van der Waals surface area contributed by atoms with E-state index in [9.17, 15) is 0 Å². The molecule has 0 spiro atoms. The van der Waals surface area contributed by atoms with Crippen molar-refractivity contribution in [3.05, 3.63) is 29.8 Å². The van der Waals surface area contributed by atoms with Gasteiger partial charge in [0, 0.05) is 5.56 Å². The van der Waals surface area contributed by atoms with E-state index in [1.165, 1.54) is 0 Å². The van der Waals surface area contributed by atoms with Gasteiger partial charge in [0.25, 0.3) is 0 Å². The first-order valence-electron chi connectivity index (χ1n) is 4.04. The van der Waals surface area contributed by atoms with Crippen molar-refractivity contribution >= 4 is 0 Å². The van der Waals surface area contributed by atoms with E-state index >= 15 is 0 Å². The summed E-state index contributed by atoms with van der Waals surface area (Å²) in [5, 5.41) is 13.6. The molecule has 0 amide bonds. The summed E-state index contributed by atoms with van der Waals surface area (Å²) in [6.07, 6.45) is 0. The minimum atomic E-state index is 0.367. The Kier molecular flexibility index (Phi) is 2.48. The van der Waals surface area contributed by atoms with E-state index in [0.717, 1.165) is 11.1 Å². The molecule has 0 fully saturated rings. The van der Waals surface area contributed by atoms with Crippen molar-refractivity contribution in [3.63, 3.8) is 0 Å². The summed E-state index contributed by atoms with van der Waals surface area (Å²) in [6, 6.07) is 7.60. The highest BCUT2D eigenvalue weighted by Gasteiger charge is 2.02. The molecular weight excluding hydrogens is 182 g/mol. The number of aromatic nitrogens is 4. The number of benzene rings is 1. The molecule has 1 aromatic carbocycles. The lowest BCUT2D eigenvalue weighted by Crippen LogP contribution is -1.98. The molecule has 0 radical (unpaired) electrons. The number of hydrogen-bond donors (Lipinski definition) is 2. The Balaban J connectivity index is 2.31. The minimum absolute atomic E-state index is 0.367. The van der Waals surface area contributed by atoms with Gasteiger partial charge < -0.3 is 0 Å². The lowest BCUT2D eigenvalue weighted by atomic mass is 10.1. The van der Waals surface area contributed by atoms with Gasteiger partial charge in [-0.25, -0.2) is 5.90 Å². The molecule has 0 atom stereocenters. The molecule has 0 bridgehead atoms. The summed E-state index contributed by atoms with van der Waals surface area (Å²) in [5.74, 6) is 5.54. The standard InChI is InChI=1S/C8H9N5O/c9-14-5-6-2-1-3-7(4-6)8-10-12-13-11-8/h1-4H,5,9H2,(H,10,11,12,13). The molecule has 0 saturated carbocycles. The summed E-state index contributed by atoms with van der Waals surface area (Å²) >= 11 is 0. The van der Waals surface area contributed by atoms with E-state index in [2.05, 4.69) is 25.5 Å². The first-order chi connectivity index (χ1) is 6.90. The number of hydrogen-bond acceptors (Lipinski definition) is 5. The van der Waals surface area contributed by atoms with Crippen molar-refractivity contribution in [3.8, 4) is 11.4 Å². The second kappa shape index (κ2) is 3.95. The molecular formula is C8H9N5O. The number of nitrogens with two attached hydrogens (primary N) is 1. The maximum Gasteiger partial charge on any atom is 0.204 e. The van der Waals surface area contributed by atoms with E-state index in [4.69, 9.17) is 5.90 Å². The van der Waals surface area contributed by atoms with Gasteiger partial charge in [-0.15, -0.1) is 10.2 Å². The normalized spacial score (nSPS) is 10.4. The van der Waals surface area contributed by atoms with Gasteiger partial charge in [-0.3, -0.25) is 4.84 Å². The van der Waals surface area contributed by atoms with Crippen LogP contribution in [0.3, 0.4) is 0 Å². The largest absolute Gasteiger partial charge is 0.300 e. The van der Waals surface area contributed by atoms with Crippen molar-refractivity contribution in [1.82, 2.24) is 20.6 Å². The maximum absolute atomic E-state index is 4.98. The van der Waals surface area contributed by atoms with Crippen LogP contribution in [0.4, 0.5) is 0 Å². The first kappa shape index (κ1) is 8.79. The zero-order valence-corrected chi connectivity index (χ0v) is 7.34. The van der Waals surface area contributed by atoms with Crippen molar-refractivity contribution < 1.29 is 4.84 Å². The van der Waals surface area contributed by atoms with E-state index in [-0.39, 0.29) is 0 Å². The molecule has 3 N–H and O–H groups in total. The van der Waals surface area contributed by atoms with Crippen LogP contribution in [0, 0.1) is 0 Å². The lowest BCUT2D eigenvalue weighted by Gasteiger charge is -1.99. The highest BCUT2D eigenvalue weighted by molar-refractivity contribution is 5.54. The van der Waals surface area contributed by atoms with Crippen molar-refractivity contribution in [2.24, 2.45) is 5.90 Å². The maximum atomic E-state index is 4.98. The molecule has 6 nitrogen and oxygen atoms in total.